The molecule has 0 amide bonds. The fourth-order valence-electron chi connectivity index (χ4n) is 3.16. The van der Waals surface area contributed by atoms with Gasteiger partial charge in [0.05, 0.1) is 16.9 Å². The van der Waals surface area contributed by atoms with Gasteiger partial charge in [-0.05, 0) is 55.3 Å². The molecule has 0 aliphatic heterocycles. The highest BCUT2D eigenvalue weighted by atomic mass is 16.3. The van der Waals surface area contributed by atoms with Crippen LogP contribution < -0.4 is 5.56 Å². The molecule has 5 nitrogen and oxygen atoms in total. The van der Waals surface area contributed by atoms with Crippen molar-refractivity contribution in [2.45, 2.75) is 13.8 Å². The number of pyridine rings is 2. The van der Waals surface area contributed by atoms with Crippen LogP contribution in [0.4, 0.5) is 5.69 Å². The van der Waals surface area contributed by atoms with E-state index in [9.17, 15) is 9.90 Å². The smallest absolute Gasteiger partial charge is 0.265 e. The standard InChI is InChI=1S/C23H19N3O2/c1-15-7-8-18(13-16(15)2)26-22(27)20-6-4-3-5-19(20)21(23(26)28)14-25-17-9-11-24-12-10-17/h3-14,28H,1-2H3. The molecule has 4 aromatic rings. The van der Waals surface area contributed by atoms with Gasteiger partial charge < -0.3 is 5.11 Å². The number of aromatic hydroxyl groups is 1. The number of aromatic nitrogens is 2. The Labute approximate surface area is 162 Å². The summed E-state index contributed by atoms with van der Waals surface area (Å²) in [5.41, 5.74) is 3.72. The number of aliphatic imine (C=N–C) groups is 1. The van der Waals surface area contributed by atoms with Crippen molar-refractivity contribution in [3.05, 3.63) is 94.0 Å². The fraction of sp³-hybridized carbons (Fsp3) is 0.0870. The Hall–Kier alpha value is -3.73. The first kappa shape index (κ1) is 17.7. The lowest BCUT2D eigenvalue weighted by molar-refractivity contribution is 0.436. The Balaban J connectivity index is 2.00. The van der Waals surface area contributed by atoms with Gasteiger partial charge in [-0.15, -0.1) is 0 Å². The second kappa shape index (κ2) is 7.12. The average molecular weight is 369 g/mol. The molecule has 0 fully saturated rings. The monoisotopic (exact) mass is 369 g/mol. The van der Waals surface area contributed by atoms with E-state index < -0.39 is 0 Å². The molecule has 28 heavy (non-hydrogen) atoms. The van der Waals surface area contributed by atoms with Gasteiger partial charge in [0.15, 0.2) is 0 Å². The quantitative estimate of drug-likeness (QED) is 0.542. The molecule has 0 aliphatic carbocycles. The highest BCUT2D eigenvalue weighted by Crippen LogP contribution is 2.27. The molecule has 1 N–H and O–H groups in total. The minimum absolute atomic E-state index is 0.134. The van der Waals surface area contributed by atoms with E-state index in [4.69, 9.17) is 0 Å². The maximum Gasteiger partial charge on any atom is 0.265 e. The second-order valence-electron chi connectivity index (χ2n) is 6.66. The van der Waals surface area contributed by atoms with Crippen LogP contribution in [0.2, 0.25) is 0 Å². The van der Waals surface area contributed by atoms with Crippen LogP contribution in [0.5, 0.6) is 5.88 Å². The Bertz CT molecular complexity index is 1260. The fourth-order valence-corrected chi connectivity index (χ4v) is 3.16. The molecule has 0 radical (unpaired) electrons. The highest BCUT2D eigenvalue weighted by Gasteiger charge is 2.16. The normalized spacial score (nSPS) is 11.4. The summed E-state index contributed by atoms with van der Waals surface area (Å²) in [5.74, 6) is -0.134. The predicted octanol–water partition coefficient (Wildman–Crippen LogP) is 4.46. The number of hydrogen-bond donors (Lipinski definition) is 1. The van der Waals surface area contributed by atoms with E-state index in [1.54, 1.807) is 36.8 Å². The number of fused-ring (bicyclic) bond motifs is 1. The number of aryl methyl sites for hydroxylation is 2. The van der Waals surface area contributed by atoms with E-state index in [1.165, 1.54) is 4.57 Å². The number of rotatable bonds is 3. The van der Waals surface area contributed by atoms with E-state index in [0.717, 1.165) is 11.1 Å². The lowest BCUT2D eigenvalue weighted by Gasteiger charge is -2.14. The van der Waals surface area contributed by atoms with E-state index in [2.05, 4.69) is 9.98 Å². The lowest BCUT2D eigenvalue weighted by Crippen LogP contribution is -2.20. The summed E-state index contributed by atoms with van der Waals surface area (Å²) in [6.07, 6.45) is 4.89. The Morgan fingerprint density at radius 2 is 1.68 bits per heavy atom. The molecule has 0 unspecified atom stereocenters. The van der Waals surface area contributed by atoms with Crippen LogP contribution in [0.25, 0.3) is 16.5 Å². The molecule has 2 aromatic heterocycles. The van der Waals surface area contributed by atoms with E-state index in [1.807, 2.05) is 50.2 Å². The number of nitrogens with zero attached hydrogens (tertiary/aromatic N) is 3. The van der Waals surface area contributed by atoms with Crippen LogP contribution in [-0.2, 0) is 0 Å². The van der Waals surface area contributed by atoms with Gasteiger partial charge in [0, 0.05) is 29.4 Å². The zero-order valence-corrected chi connectivity index (χ0v) is 15.6. The van der Waals surface area contributed by atoms with Crippen LogP contribution in [0.15, 0.2) is 76.8 Å². The predicted molar refractivity (Wildman–Crippen MR) is 112 cm³/mol. The third-order valence-electron chi connectivity index (χ3n) is 4.86. The maximum atomic E-state index is 13.1. The Kier molecular flexibility index (Phi) is 4.49. The molecule has 0 bridgehead atoms. The summed E-state index contributed by atoms with van der Waals surface area (Å²) in [7, 11) is 0. The molecule has 0 atom stereocenters. The molecular weight excluding hydrogens is 350 g/mol. The minimum atomic E-state index is -0.266. The zero-order valence-electron chi connectivity index (χ0n) is 15.6. The number of hydrogen-bond acceptors (Lipinski definition) is 4. The molecule has 138 valence electrons. The molecule has 0 saturated heterocycles. The molecule has 2 heterocycles. The van der Waals surface area contributed by atoms with Gasteiger partial charge in [-0.3, -0.25) is 14.8 Å². The summed E-state index contributed by atoms with van der Waals surface area (Å²) >= 11 is 0. The van der Waals surface area contributed by atoms with Gasteiger partial charge in [0.1, 0.15) is 0 Å². The van der Waals surface area contributed by atoms with Crippen molar-refractivity contribution in [1.82, 2.24) is 9.55 Å². The summed E-state index contributed by atoms with van der Waals surface area (Å²) in [6.45, 7) is 3.99. The summed E-state index contributed by atoms with van der Waals surface area (Å²) in [4.78, 5) is 21.5. The first-order valence-corrected chi connectivity index (χ1v) is 8.94. The van der Waals surface area contributed by atoms with E-state index in [-0.39, 0.29) is 11.4 Å². The van der Waals surface area contributed by atoms with Crippen molar-refractivity contribution in [3.63, 3.8) is 0 Å². The van der Waals surface area contributed by atoms with Crippen molar-refractivity contribution < 1.29 is 5.11 Å². The molecule has 2 aromatic carbocycles. The second-order valence-corrected chi connectivity index (χ2v) is 6.66. The van der Waals surface area contributed by atoms with Crippen LogP contribution in [-0.4, -0.2) is 20.9 Å². The molecule has 0 saturated carbocycles. The van der Waals surface area contributed by atoms with Gasteiger partial charge in [0.25, 0.3) is 5.56 Å². The van der Waals surface area contributed by atoms with Gasteiger partial charge in [-0.25, -0.2) is 4.57 Å². The number of benzene rings is 2. The Morgan fingerprint density at radius 1 is 0.964 bits per heavy atom. The van der Waals surface area contributed by atoms with Gasteiger partial charge in [-0.1, -0.05) is 24.3 Å². The Morgan fingerprint density at radius 3 is 2.39 bits per heavy atom. The van der Waals surface area contributed by atoms with E-state index in [0.29, 0.717) is 27.7 Å². The topological polar surface area (TPSA) is 67.5 Å². The first-order chi connectivity index (χ1) is 13.6. The van der Waals surface area contributed by atoms with Crippen molar-refractivity contribution in [2.24, 2.45) is 4.99 Å². The van der Waals surface area contributed by atoms with Crippen LogP contribution in [0, 0.1) is 13.8 Å². The van der Waals surface area contributed by atoms with Gasteiger partial charge in [-0.2, -0.15) is 0 Å². The van der Waals surface area contributed by atoms with Crippen molar-refractivity contribution in [1.29, 1.82) is 0 Å². The van der Waals surface area contributed by atoms with Crippen LogP contribution >= 0.6 is 0 Å². The van der Waals surface area contributed by atoms with E-state index >= 15 is 0 Å². The van der Waals surface area contributed by atoms with Crippen LogP contribution in [0.3, 0.4) is 0 Å². The third kappa shape index (κ3) is 3.07. The average Bonchev–Trinajstić information content (AvgIpc) is 2.71. The largest absolute Gasteiger partial charge is 0.494 e. The molecule has 5 heteroatoms. The lowest BCUT2D eigenvalue weighted by atomic mass is 10.1. The van der Waals surface area contributed by atoms with Crippen LogP contribution in [0.1, 0.15) is 16.7 Å². The van der Waals surface area contributed by atoms with Crippen molar-refractivity contribution in [2.75, 3.05) is 0 Å². The molecular formula is C23H19N3O2. The van der Waals surface area contributed by atoms with Crippen molar-refractivity contribution in [3.8, 4) is 11.6 Å². The molecule has 0 spiro atoms. The molecule has 0 aliphatic rings. The highest BCUT2D eigenvalue weighted by molar-refractivity contribution is 6.02. The molecule has 4 rings (SSSR count). The van der Waals surface area contributed by atoms with Crippen molar-refractivity contribution >= 4 is 22.7 Å². The van der Waals surface area contributed by atoms with Gasteiger partial charge >= 0.3 is 0 Å². The van der Waals surface area contributed by atoms with Gasteiger partial charge in [0.2, 0.25) is 5.88 Å². The first-order valence-electron chi connectivity index (χ1n) is 8.94. The zero-order chi connectivity index (χ0) is 19.7. The maximum absolute atomic E-state index is 13.1. The SMILES string of the molecule is Cc1ccc(-n2c(O)c(C=Nc3ccncc3)c3ccccc3c2=O)cc1C. The summed E-state index contributed by atoms with van der Waals surface area (Å²) in [5, 5.41) is 12.2. The third-order valence-corrected chi connectivity index (χ3v) is 4.86. The summed E-state index contributed by atoms with van der Waals surface area (Å²) < 4.78 is 1.34. The summed E-state index contributed by atoms with van der Waals surface area (Å²) in [6, 6.07) is 16.5. The minimum Gasteiger partial charge on any atom is -0.494 e.